The quantitative estimate of drug-likeness (QED) is 0.650. The Morgan fingerprint density at radius 1 is 1.33 bits per heavy atom. The molecule has 0 spiro atoms. The topological polar surface area (TPSA) is 12.9 Å². The fourth-order valence-corrected chi connectivity index (χ4v) is 1.24. The first kappa shape index (κ1) is 9.53. The van der Waals surface area contributed by atoms with Crippen LogP contribution in [0.3, 0.4) is 0 Å². The Labute approximate surface area is 78.8 Å². The second-order valence-electron chi connectivity index (χ2n) is 3.42. The minimum Gasteiger partial charge on any atom is -0.256 e. The van der Waals surface area contributed by atoms with Crippen molar-refractivity contribution < 1.29 is 0 Å². The van der Waals surface area contributed by atoms with Crippen molar-refractivity contribution >= 4 is 11.6 Å². The molecule has 1 heterocycles. The Balaban J connectivity index is 3.21. The monoisotopic (exact) mass is 183 g/mol. The predicted molar refractivity (Wildman–Crippen MR) is 52.8 cm³/mol. The van der Waals surface area contributed by atoms with Crippen LogP contribution in [-0.4, -0.2) is 4.98 Å². The summed E-state index contributed by atoms with van der Waals surface area (Å²) in [6, 6.07) is 2.06. The van der Waals surface area contributed by atoms with Crippen LogP contribution < -0.4 is 0 Å². The van der Waals surface area contributed by atoms with Gasteiger partial charge in [0.15, 0.2) is 0 Å². The van der Waals surface area contributed by atoms with Gasteiger partial charge >= 0.3 is 0 Å². The minimum absolute atomic E-state index is 0.472. The van der Waals surface area contributed by atoms with E-state index in [9.17, 15) is 0 Å². The van der Waals surface area contributed by atoms with E-state index in [1.807, 2.05) is 13.8 Å². The van der Waals surface area contributed by atoms with Crippen LogP contribution >= 0.6 is 11.6 Å². The van der Waals surface area contributed by atoms with E-state index in [1.165, 1.54) is 0 Å². The Bertz CT molecular complexity index is 269. The molecule has 1 aromatic heterocycles. The van der Waals surface area contributed by atoms with Gasteiger partial charge in [0, 0.05) is 5.69 Å². The van der Waals surface area contributed by atoms with Crippen molar-refractivity contribution in [2.24, 2.45) is 0 Å². The summed E-state index contributed by atoms with van der Waals surface area (Å²) >= 11 is 5.99. The molecule has 1 aromatic rings. The number of rotatable bonds is 1. The molecule has 0 saturated carbocycles. The van der Waals surface area contributed by atoms with E-state index in [0.717, 1.165) is 22.0 Å². The Morgan fingerprint density at radius 3 is 2.33 bits per heavy atom. The lowest BCUT2D eigenvalue weighted by atomic mass is 10.1. The lowest BCUT2D eigenvalue weighted by Gasteiger charge is -2.08. The largest absolute Gasteiger partial charge is 0.256 e. The smallest absolute Gasteiger partial charge is 0.0647 e. The average Bonchev–Trinajstić information content (AvgIpc) is 1.99. The minimum atomic E-state index is 0.472. The van der Waals surface area contributed by atoms with Gasteiger partial charge in [-0.05, 0) is 31.4 Å². The summed E-state index contributed by atoms with van der Waals surface area (Å²) in [5, 5.41) is 0.791. The molecule has 0 N–H and O–H groups in total. The van der Waals surface area contributed by atoms with E-state index in [-0.39, 0.29) is 0 Å². The van der Waals surface area contributed by atoms with Gasteiger partial charge in [0.2, 0.25) is 0 Å². The molecule has 12 heavy (non-hydrogen) atoms. The SMILES string of the molecule is Cc1cc(C(C)C)nc(C)c1Cl. The molecule has 0 fully saturated rings. The van der Waals surface area contributed by atoms with Gasteiger partial charge in [0.1, 0.15) is 0 Å². The van der Waals surface area contributed by atoms with E-state index in [4.69, 9.17) is 11.6 Å². The number of hydrogen-bond acceptors (Lipinski definition) is 1. The maximum absolute atomic E-state index is 5.99. The van der Waals surface area contributed by atoms with Crippen molar-refractivity contribution in [2.45, 2.75) is 33.6 Å². The summed E-state index contributed by atoms with van der Waals surface area (Å²) in [4.78, 5) is 4.40. The highest BCUT2D eigenvalue weighted by atomic mass is 35.5. The molecule has 0 amide bonds. The van der Waals surface area contributed by atoms with Crippen LogP contribution in [-0.2, 0) is 0 Å². The van der Waals surface area contributed by atoms with Gasteiger partial charge in [-0.2, -0.15) is 0 Å². The van der Waals surface area contributed by atoms with Gasteiger partial charge in [-0.3, -0.25) is 4.98 Å². The van der Waals surface area contributed by atoms with Crippen molar-refractivity contribution in [3.8, 4) is 0 Å². The highest BCUT2D eigenvalue weighted by Gasteiger charge is 2.06. The zero-order chi connectivity index (χ0) is 9.30. The van der Waals surface area contributed by atoms with Crippen molar-refractivity contribution in [1.29, 1.82) is 0 Å². The van der Waals surface area contributed by atoms with Crippen LogP contribution in [0.2, 0.25) is 5.02 Å². The number of pyridine rings is 1. The molecule has 0 aromatic carbocycles. The molecular formula is C10H14ClN. The first-order chi connectivity index (χ1) is 5.52. The molecule has 0 aliphatic heterocycles. The van der Waals surface area contributed by atoms with Crippen molar-refractivity contribution in [1.82, 2.24) is 4.98 Å². The summed E-state index contributed by atoms with van der Waals surface area (Å²) in [6.07, 6.45) is 0. The van der Waals surface area contributed by atoms with Crippen molar-refractivity contribution in [3.63, 3.8) is 0 Å². The first-order valence-corrected chi connectivity index (χ1v) is 4.53. The number of hydrogen-bond donors (Lipinski definition) is 0. The Morgan fingerprint density at radius 2 is 1.92 bits per heavy atom. The second-order valence-corrected chi connectivity index (χ2v) is 3.80. The van der Waals surface area contributed by atoms with Gasteiger partial charge in [-0.25, -0.2) is 0 Å². The molecule has 2 heteroatoms. The van der Waals surface area contributed by atoms with Crippen LogP contribution in [0, 0.1) is 13.8 Å². The Hall–Kier alpha value is -0.560. The van der Waals surface area contributed by atoms with Crippen LogP contribution in [0.15, 0.2) is 6.07 Å². The zero-order valence-corrected chi connectivity index (χ0v) is 8.74. The van der Waals surface area contributed by atoms with Gasteiger partial charge in [-0.15, -0.1) is 0 Å². The summed E-state index contributed by atoms with van der Waals surface area (Å²) in [5.74, 6) is 0.472. The number of nitrogens with zero attached hydrogens (tertiary/aromatic N) is 1. The van der Waals surface area contributed by atoms with Crippen LogP contribution in [0.5, 0.6) is 0 Å². The second kappa shape index (κ2) is 3.44. The zero-order valence-electron chi connectivity index (χ0n) is 7.98. The van der Waals surface area contributed by atoms with E-state index in [1.54, 1.807) is 0 Å². The normalized spacial score (nSPS) is 10.8. The molecule has 66 valence electrons. The molecule has 0 aliphatic carbocycles. The molecular weight excluding hydrogens is 170 g/mol. The average molecular weight is 184 g/mol. The number of halogens is 1. The van der Waals surface area contributed by atoms with Crippen LogP contribution in [0.4, 0.5) is 0 Å². The molecule has 0 radical (unpaired) electrons. The summed E-state index contributed by atoms with van der Waals surface area (Å²) in [5.41, 5.74) is 3.17. The van der Waals surface area contributed by atoms with Gasteiger partial charge < -0.3 is 0 Å². The Kier molecular flexibility index (Phi) is 2.73. The fraction of sp³-hybridized carbons (Fsp3) is 0.500. The number of aryl methyl sites for hydroxylation is 2. The van der Waals surface area contributed by atoms with Gasteiger partial charge in [-0.1, -0.05) is 25.4 Å². The fourth-order valence-electron chi connectivity index (χ4n) is 1.14. The lowest BCUT2D eigenvalue weighted by Crippen LogP contribution is -1.96. The maximum Gasteiger partial charge on any atom is 0.0647 e. The molecule has 1 nitrogen and oxygen atoms in total. The first-order valence-electron chi connectivity index (χ1n) is 4.16. The number of aromatic nitrogens is 1. The summed E-state index contributed by atoms with van der Waals surface area (Å²) < 4.78 is 0. The summed E-state index contributed by atoms with van der Waals surface area (Å²) in [6.45, 7) is 8.23. The molecule has 0 bridgehead atoms. The molecule has 0 aliphatic rings. The van der Waals surface area contributed by atoms with Crippen molar-refractivity contribution in [3.05, 3.63) is 28.0 Å². The highest BCUT2D eigenvalue weighted by molar-refractivity contribution is 6.31. The van der Waals surface area contributed by atoms with Crippen molar-refractivity contribution in [2.75, 3.05) is 0 Å². The third-order valence-electron chi connectivity index (χ3n) is 1.92. The van der Waals surface area contributed by atoms with E-state index in [0.29, 0.717) is 5.92 Å². The van der Waals surface area contributed by atoms with E-state index < -0.39 is 0 Å². The highest BCUT2D eigenvalue weighted by Crippen LogP contribution is 2.22. The standard InChI is InChI=1S/C10H14ClN/c1-6(2)9-5-7(3)10(11)8(4)12-9/h5-6H,1-4H3. The van der Waals surface area contributed by atoms with Gasteiger partial charge in [0.05, 0.1) is 10.7 Å². The maximum atomic E-state index is 5.99. The molecule has 0 atom stereocenters. The lowest BCUT2D eigenvalue weighted by molar-refractivity contribution is 0.813. The predicted octanol–water partition coefficient (Wildman–Crippen LogP) is 3.48. The van der Waals surface area contributed by atoms with Crippen LogP contribution in [0.1, 0.15) is 36.7 Å². The molecule has 1 rings (SSSR count). The summed E-state index contributed by atoms with van der Waals surface area (Å²) in [7, 11) is 0. The van der Waals surface area contributed by atoms with Gasteiger partial charge in [0.25, 0.3) is 0 Å². The van der Waals surface area contributed by atoms with E-state index >= 15 is 0 Å². The molecule has 0 unspecified atom stereocenters. The van der Waals surface area contributed by atoms with E-state index in [2.05, 4.69) is 24.9 Å². The third-order valence-corrected chi connectivity index (χ3v) is 2.49. The third kappa shape index (κ3) is 1.78. The van der Waals surface area contributed by atoms with Crippen LogP contribution in [0.25, 0.3) is 0 Å². The molecule has 0 saturated heterocycles.